The van der Waals surface area contributed by atoms with Crippen LogP contribution < -0.4 is 5.32 Å². The summed E-state index contributed by atoms with van der Waals surface area (Å²) >= 11 is 6.07. The molecule has 5 nitrogen and oxygen atoms in total. The van der Waals surface area contributed by atoms with Gasteiger partial charge in [0.05, 0.1) is 6.54 Å². The maximum atomic E-state index is 14.0. The van der Waals surface area contributed by atoms with E-state index in [2.05, 4.69) is 10.5 Å². The lowest BCUT2D eigenvalue weighted by molar-refractivity contribution is 0.205. The van der Waals surface area contributed by atoms with Crippen LogP contribution in [-0.2, 0) is 6.54 Å². The van der Waals surface area contributed by atoms with E-state index in [1.54, 1.807) is 30.9 Å². The number of carbonyl (C=O) groups is 1. The number of amides is 2. The third-order valence-electron chi connectivity index (χ3n) is 3.90. The van der Waals surface area contributed by atoms with Crippen molar-refractivity contribution in [1.29, 1.82) is 0 Å². The van der Waals surface area contributed by atoms with E-state index in [1.807, 2.05) is 0 Å². The molecule has 0 bridgehead atoms. The van der Waals surface area contributed by atoms with Crippen molar-refractivity contribution in [3.8, 4) is 0 Å². The van der Waals surface area contributed by atoms with Crippen LogP contribution in [0.25, 0.3) is 0 Å². The summed E-state index contributed by atoms with van der Waals surface area (Å²) in [6, 6.07) is 4.31. The predicted molar refractivity (Wildman–Crippen MR) is 85.0 cm³/mol. The Morgan fingerprint density at radius 1 is 1.48 bits per heavy atom. The molecule has 1 aliphatic rings. The molecular weight excluding hydrogens is 321 g/mol. The highest BCUT2D eigenvalue weighted by Crippen LogP contribution is 2.31. The molecule has 7 heteroatoms. The highest BCUT2D eigenvalue weighted by molar-refractivity contribution is 6.31. The van der Waals surface area contributed by atoms with Crippen LogP contribution in [0.4, 0.5) is 14.9 Å². The van der Waals surface area contributed by atoms with E-state index in [9.17, 15) is 9.18 Å². The van der Waals surface area contributed by atoms with Gasteiger partial charge in [-0.05, 0) is 38.8 Å². The summed E-state index contributed by atoms with van der Waals surface area (Å²) in [4.78, 5) is 14.2. The molecule has 122 valence electrons. The second kappa shape index (κ2) is 6.20. The standard InChI is InChI=1S/C16H17ClFN3O2/c1-9-15(10(2)23-20-9)19-16(22)21(11-6-7-11)8-12-13(17)4-3-5-14(12)18/h3-5,11H,6-8H2,1-2H3,(H,19,22). The molecular formula is C16H17ClFN3O2. The second-order valence-electron chi connectivity index (χ2n) is 5.69. The van der Waals surface area contributed by atoms with E-state index in [1.165, 1.54) is 6.07 Å². The molecule has 2 aromatic rings. The third kappa shape index (κ3) is 3.32. The zero-order chi connectivity index (χ0) is 16.6. The number of nitrogens with one attached hydrogen (secondary N) is 1. The van der Waals surface area contributed by atoms with Gasteiger partial charge >= 0.3 is 6.03 Å². The number of hydrogen-bond acceptors (Lipinski definition) is 3. The minimum atomic E-state index is -0.409. The highest BCUT2D eigenvalue weighted by Gasteiger charge is 2.34. The summed E-state index contributed by atoms with van der Waals surface area (Å²) in [5.41, 5.74) is 1.49. The van der Waals surface area contributed by atoms with Crippen LogP contribution in [0.15, 0.2) is 22.7 Å². The lowest BCUT2D eigenvalue weighted by Crippen LogP contribution is -2.36. The molecule has 1 fully saturated rings. The summed E-state index contributed by atoms with van der Waals surface area (Å²) in [6.07, 6.45) is 1.81. The maximum absolute atomic E-state index is 14.0. The Balaban J connectivity index is 1.81. The van der Waals surface area contributed by atoms with Gasteiger partial charge in [0.15, 0.2) is 5.76 Å². The summed E-state index contributed by atoms with van der Waals surface area (Å²) in [5.74, 6) is 0.129. The number of anilines is 1. The first-order valence-electron chi connectivity index (χ1n) is 7.40. The van der Waals surface area contributed by atoms with Gasteiger partial charge in [-0.1, -0.05) is 22.8 Å². The van der Waals surface area contributed by atoms with Gasteiger partial charge in [-0.25, -0.2) is 9.18 Å². The number of aromatic nitrogens is 1. The van der Waals surface area contributed by atoms with Crippen molar-refractivity contribution in [3.05, 3.63) is 46.1 Å². The first-order chi connectivity index (χ1) is 11.0. The quantitative estimate of drug-likeness (QED) is 0.905. The van der Waals surface area contributed by atoms with Gasteiger partial charge in [0.25, 0.3) is 0 Å². The molecule has 2 amide bonds. The zero-order valence-corrected chi connectivity index (χ0v) is 13.7. The van der Waals surface area contributed by atoms with E-state index in [0.29, 0.717) is 27.7 Å². The van der Waals surface area contributed by atoms with Crippen LogP contribution in [0.1, 0.15) is 29.9 Å². The van der Waals surface area contributed by atoms with Crippen LogP contribution in [0.3, 0.4) is 0 Å². The van der Waals surface area contributed by atoms with Crippen LogP contribution in [0, 0.1) is 19.7 Å². The van der Waals surface area contributed by atoms with E-state index in [-0.39, 0.29) is 18.6 Å². The molecule has 0 saturated heterocycles. The molecule has 23 heavy (non-hydrogen) atoms. The number of nitrogens with zero attached hydrogens (tertiary/aromatic N) is 2. The molecule has 0 atom stereocenters. The summed E-state index contributed by atoms with van der Waals surface area (Å²) < 4.78 is 19.0. The number of rotatable bonds is 4. The minimum Gasteiger partial charge on any atom is -0.359 e. The van der Waals surface area contributed by atoms with Crippen molar-refractivity contribution < 1.29 is 13.7 Å². The normalized spacial score (nSPS) is 13.9. The Morgan fingerprint density at radius 2 is 2.22 bits per heavy atom. The Hall–Kier alpha value is -2.08. The summed E-state index contributed by atoms with van der Waals surface area (Å²) in [6.45, 7) is 3.61. The molecule has 0 aliphatic heterocycles. The van der Waals surface area contributed by atoms with Crippen molar-refractivity contribution in [2.24, 2.45) is 0 Å². The van der Waals surface area contributed by atoms with Crippen molar-refractivity contribution in [2.45, 2.75) is 39.3 Å². The van der Waals surface area contributed by atoms with Crippen LogP contribution in [-0.4, -0.2) is 22.1 Å². The molecule has 3 rings (SSSR count). The van der Waals surface area contributed by atoms with E-state index >= 15 is 0 Å². The zero-order valence-electron chi connectivity index (χ0n) is 12.9. The van der Waals surface area contributed by atoms with Gasteiger partial charge in [-0.15, -0.1) is 0 Å². The molecule has 1 N–H and O–H groups in total. The lowest BCUT2D eigenvalue weighted by Gasteiger charge is -2.23. The number of aryl methyl sites for hydroxylation is 2. The largest absolute Gasteiger partial charge is 0.359 e. The summed E-state index contributed by atoms with van der Waals surface area (Å²) in [5, 5.41) is 6.94. The van der Waals surface area contributed by atoms with E-state index < -0.39 is 5.82 Å². The van der Waals surface area contributed by atoms with Crippen LogP contribution in [0.2, 0.25) is 5.02 Å². The van der Waals surface area contributed by atoms with Crippen LogP contribution in [0.5, 0.6) is 0 Å². The SMILES string of the molecule is Cc1noc(C)c1NC(=O)N(Cc1c(F)cccc1Cl)C1CC1. The maximum Gasteiger partial charge on any atom is 0.322 e. The predicted octanol–water partition coefficient (Wildman–Crippen LogP) is 4.28. The first kappa shape index (κ1) is 15.8. The number of carbonyl (C=O) groups excluding carboxylic acids is 1. The van der Waals surface area contributed by atoms with E-state index in [4.69, 9.17) is 16.1 Å². The van der Waals surface area contributed by atoms with Crippen molar-refractivity contribution >= 4 is 23.3 Å². The Kier molecular flexibility index (Phi) is 4.26. The third-order valence-corrected chi connectivity index (χ3v) is 4.26. The highest BCUT2D eigenvalue weighted by atomic mass is 35.5. The fraction of sp³-hybridized carbons (Fsp3) is 0.375. The van der Waals surface area contributed by atoms with E-state index in [0.717, 1.165) is 12.8 Å². The molecule has 0 radical (unpaired) electrons. The molecule has 1 aromatic carbocycles. The number of hydrogen-bond donors (Lipinski definition) is 1. The summed E-state index contributed by atoms with van der Waals surface area (Å²) in [7, 11) is 0. The van der Waals surface area contributed by atoms with Crippen molar-refractivity contribution in [2.75, 3.05) is 5.32 Å². The van der Waals surface area contributed by atoms with Gasteiger partial charge in [-0.2, -0.15) is 0 Å². The van der Waals surface area contributed by atoms with Gasteiger partial charge in [0, 0.05) is 16.6 Å². The topological polar surface area (TPSA) is 58.4 Å². The Labute approximate surface area is 138 Å². The molecule has 0 spiro atoms. The number of halogens is 2. The minimum absolute atomic E-state index is 0.103. The smallest absolute Gasteiger partial charge is 0.322 e. The van der Waals surface area contributed by atoms with Gasteiger partial charge in [0.2, 0.25) is 0 Å². The van der Waals surface area contributed by atoms with Gasteiger partial charge < -0.3 is 14.7 Å². The first-order valence-corrected chi connectivity index (χ1v) is 7.78. The Bertz CT molecular complexity index is 703. The van der Waals surface area contributed by atoms with Crippen molar-refractivity contribution in [1.82, 2.24) is 10.1 Å². The molecule has 0 unspecified atom stereocenters. The number of benzene rings is 1. The fourth-order valence-corrected chi connectivity index (χ4v) is 2.67. The fourth-order valence-electron chi connectivity index (χ4n) is 2.45. The molecule has 1 heterocycles. The average molecular weight is 338 g/mol. The lowest BCUT2D eigenvalue weighted by atomic mass is 10.2. The number of urea groups is 1. The Morgan fingerprint density at radius 3 is 2.78 bits per heavy atom. The van der Waals surface area contributed by atoms with Crippen molar-refractivity contribution in [3.63, 3.8) is 0 Å². The van der Waals surface area contributed by atoms with Gasteiger partial charge in [0.1, 0.15) is 17.2 Å². The molecule has 1 aromatic heterocycles. The van der Waals surface area contributed by atoms with Crippen LogP contribution >= 0.6 is 11.6 Å². The second-order valence-corrected chi connectivity index (χ2v) is 6.10. The van der Waals surface area contributed by atoms with Gasteiger partial charge in [-0.3, -0.25) is 0 Å². The monoisotopic (exact) mass is 337 g/mol. The average Bonchev–Trinajstić information content (AvgIpc) is 3.29. The molecule has 1 aliphatic carbocycles. The molecule has 1 saturated carbocycles.